The monoisotopic (exact) mass is 260 g/mol. The van der Waals surface area contributed by atoms with Gasteiger partial charge in [-0.15, -0.1) is 0 Å². The van der Waals surface area contributed by atoms with Crippen molar-refractivity contribution in [3.63, 3.8) is 0 Å². The Balaban J connectivity index is 1.79. The van der Waals surface area contributed by atoms with Crippen LogP contribution in [0.15, 0.2) is 27.9 Å². The van der Waals surface area contributed by atoms with Crippen molar-refractivity contribution in [2.45, 2.75) is 26.7 Å². The Hall–Kier alpha value is -2.37. The number of nitrogens with zero attached hydrogens (tertiary/aromatic N) is 2. The SMILES string of the molecule is Cc1n[nH]c(C)c1CCC(=O)N/N=C/c1ccco1. The van der Waals surface area contributed by atoms with Crippen LogP contribution in [0.5, 0.6) is 0 Å². The van der Waals surface area contributed by atoms with Crippen molar-refractivity contribution in [1.29, 1.82) is 0 Å². The van der Waals surface area contributed by atoms with Gasteiger partial charge in [-0.1, -0.05) is 0 Å². The molecule has 0 radical (unpaired) electrons. The molecular weight excluding hydrogens is 244 g/mol. The Morgan fingerprint density at radius 2 is 2.42 bits per heavy atom. The van der Waals surface area contributed by atoms with E-state index in [2.05, 4.69) is 20.7 Å². The zero-order valence-corrected chi connectivity index (χ0v) is 10.9. The minimum Gasteiger partial charge on any atom is -0.463 e. The summed E-state index contributed by atoms with van der Waals surface area (Å²) in [6.45, 7) is 3.87. The Kier molecular flexibility index (Phi) is 4.12. The third-order valence-corrected chi connectivity index (χ3v) is 2.81. The maximum absolute atomic E-state index is 11.6. The van der Waals surface area contributed by atoms with Crippen molar-refractivity contribution in [1.82, 2.24) is 15.6 Å². The fourth-order valence-corrected chi connectivity index (χ4v) is 1.77. The third-order valence-electron chi connectivity index (χ3n) is 2.81. The lowest BCUT2D eigenvalue weighted by Crippen LogP contribution is -2.18. The van der Waals surface area contributed by atoms with E-state index in [-0.39, 0.29) is 5.91 Å². The summed E-state index contributed by atoms with van der Waals surface area (Å²) in [7, 11) is 0. The van der Waals surface area contributed by atoms with Crippen LogP contribution in [0.1, 0.15) is 29.1 Å². The second-order valence-electron chi connectivity index (χ2n) is 4.22. The second-order valence-corrected chi connectivity index (χ2v) is 4.22. The maximum Gasteiger partial charge on any atom is 0.240 e. The molecule has 2 heterocycles. The number of hydrogen-bond acceptors (Lipinski definition) is 4. The van der Waals surface area contributed by atoms with E-state index in [9.17, 15) is 4.79 Å². The summed E-state index contributed by atoms with van der Waals surface area (Å²) >= 11 is 0. The summed E-state index contributed by atoms with van der Waals surface area (Å²) in [6.07, 6.45) is 4.03. The van der Waals surface area contributed by atoms with Crippen molar-refractivity contribution in [3.8, 4) is 0 Å². The Bertz CT molecular complexity index is 550. The number of furan rings is 1. The van der Waals surface area contributed by atoms with Gasteiger partial charge in [0, 0.05) is 12.1 Å². The van der Waals surface area contributed by atoms with Gasteiger partial charge in [0.2, 0.25) is 5.91 Å². The zero-order valence-electron chi connectivity index (χ0n) is 10.9. The highest BCUT2D eigenvalue weighted by molar-refractivity contribution is 5.80. The molecule has 100 valence electrons. The average Bonchev–Trinajstić information content (AvgIpc) is 2.99. The number of hydrazone groups is 1. The van der Waals surface area contributed by atoms with Crippen molar-refractivity contribution in [3.05, 3.63) is 41.1 Å². The fourth-order valence-electron chi connectivity index (χ4n) is 1.77. The summed E-state index contributed by atoms with van der Waals surface area (Å²) < 4.78 is 5.05. The van der Waals surface area contributed by atoms with E-state index in [1.807, 2.05) is 13.8 Å². The zero-order chi connectivity index (χ0) is 13.7. The van der Waals surface area contributed by atoms with Gasteiger partial charge in [-0.05, 0) is 38.0 Å². The van der Waals surface area contributed by atoms with Crippen LogP contribution in [0.4, 0.5) is 0 Å². The van der Waals surface area contributed by atoms with E-state index in [0.717, 1.165) is 17.0 Å². The summed E-state index contributed by atoms with van der Waals surface area (Å²) in [6, 6.07) is 3.52. The van der Waals surface area contributed by atoms with Gasteiger partial charge in [-0.2, -0.15) is 10.2 Å². The molecule has 1 amide bonds. The number of carbonyl (C=O) groups is 1. The molecule has 0 unspecified atom stereocenters. The molecule has 2 aromatic rings. The lowest BCUT2D eigenvalue weighted by Gasteiger charge is -2.00. The normalized spacial score (nSPS) is 11.1. The van der Waals surface area contributed by atoms with Gasteiger partial charge in [-0.25, -0.2) is 5.43 Å². The van der Waals surface area contributed by atoms with Crippen LogP contribution in [-0.2, 0) is 11.2 Å². The van der Waals surface area contributed by atoms with Crippen molar-refractivity contribution in [2.75, 3.05) is 0 Å². The average molecular weight is 260 g/mol. The number of carbonyl (C=O) groups excluding carboxylic acids is 1. The predicted octanol–water partition coefficient (Wildman–Crippen LogP) is 1.70. The molecule has 2 aromatic heterocycles. The molecule has 6 nitrogen and oxygen atoms in total. The smallest absolute Gasteiger partial charge is 0.240 e. The molecule has 0 aliphatic carbocycles. The van der Waals surface area contributed by atoms with Gasteiger partial charge in [0.15, 0.2) is 0 Å². The quantitative estimate of drug-likeness (QED) is 0.634. The van der Waals surface area contributed by atoms with Crippen LogP contribution in [0, 0.1) is 13.8 Å². The molecule has 0 saturated heterocycles. The minimum absolute atomic E-state index is 0.136. The molecule has 0 atom stereocenters. The van der Waals surface area contributed by atoms with Crippen molar-refractivity contribution >= 4 is 12.1 Å². The van der Waals surface area contributed by atoms with Crippen molar-refractivity contribution < 1.29 is 9.21 Å². The Morgan fingerprint density at radius 1 is 1.58 bits per heavy atom. The standard InChI is InChI=1S/C13H16N4O2/c1-9-12(10(2)16-15-9)5-6-13(18)17-14-8-11-4-3-7-19-11/h3-4,7-8H,5-6H2,1-2H3,(H,15,16)(H,17,18)/b14-8+. The lowest BCUT2D eigenvalue weighted by molar-refractivity contribution is -0.121. The first-order valence-electron chi connectivity index (χ1n) is 6.02. The summed E-state index contributed by atoms with van der Waals surface area (Å²) in [4.78, 5) is 11.6. The van der Waals surface area contributed by atoms with Gasteiger partial charge in [0.05, 0.1) is 18.2 Å². The van der Waals surface area contributed by atoms with Crippen molar-refractivity contribution in [2.24, 2.45) is 5.10 Å². The molecule has 6 heteroatoms. The number of nitrogens with one attached hydrogen (secondary N) is 2. The molecule has 19 heavy (non-hydrogen) atoms. The van der Waals surface area contributed by atoms with E-state index < -0.39 is 0 Å². The molecule has 0 saturated carbocycles. The molecule has 2 N–H and O–H groups in total. The highest BCUT2D eigenvalue weighted by Gasteiger charge is 2.08. The number of aromatic amines is 1. The largest absolute Gasteiger partial charge is 0.463 e. The van der Waals surface area contributed by atoms with Gasteiger partial charge in [-0.3, -0.25) is 9.89 Å². The number of aryl methyl sites for hydroxylation is 2. The number of amides is 1. The second kappa shape index (κ2) is 5.99. The number of aromatic nitrogens is 2. The lowest BCUT2D eigenvalue weighted by atomic mass is 10.1. The molecule has 0 aromatic carbocycles. The van der Waals surface area contributed by atoms with E-state index >= 15 is 0 Å². The van der Waals surface area contributed by atoms with Crippen LogP contribution in [0.25, 0.3) is 0 Å². The maximum atomic E-state index is 11.6. The van der Waals surface area contributed by atoms with E-state index in [4.69, 9.17) is 4.42 Å². The molecule has 0 bridgehead atoms. The summed E-state index contributed by atoms with van der Waals surface area (Å²) in [5, 5.41) is 10.8. The highest BCUT2D eigenvalue weighted by atomic mass is 16.3. The van der Waals surface area contributed by atoms with Gasteiger partial charge < -0.3 is 4.42 Å². The molecule has 0 aliphatic heterocycles. The summed E-state index contributed by atoms with van der Waals surface area (Å²) in [5.74, 6) is 0.463. The Morgan fingerprint density at radius 3 is 3.05 bits per heavy atom. The van der Waals surface area contributed by atoms with Gasteiger partial charge in [0.1, 0.15) is 5.76 Å². The molecule has 0 fully saturated rings. The number of H-pyrrole nitrogens is 1. The van der Waals surface area contributed by atoms with E-state index in [1.165, 1.54) is 6.21 Å². The van der Waals surface area contributed by atoms with Crippen LogP contribution >= 0.6 is 0 Å². The molecular formula is C13H16N4O2. The van der Waals surface area contributed by atoms with Crippen LogP contribution in [0.3, 0.4) is 0 Å². The van der Waals surface area contributed by atoms with Gasteiger partial charge in [0.25, 0.3) is 0 Å². The fraction of sp³-hybridized carbons (Fsp3) is 0.308. The van der Waals surface area contributed by atoms with E-state index in [0.29, 0.717) is 18.6 Å². The predicted molar refractivity (Wildman–Crippen MR) is 70.8 cm³/mol. The summed E-state index contributed by atoms with van der Waals surface area (Å²) in [5.41, 5.74) is 5.49. The Labute approximate surface area is 110 Å². The van der Waals surface area contributed by atoms with Gasteiger partial charge >= 0.3 is 0 Å². The molecule has 2 rings (SSSR count). The number of rotatable bonds is 5. The number of hydrogen-bond donors (Lipinski definition) is 2. The topological polar surface area (TPSA) is 83.3 Å². The van der Waals surface area contributed by atoms with E-state index in [1.54, 1.807) is 18.4 Å². The first-order chi connectivity index (χ1) is 9.16. The first kappa shape index (κ1) is 13.1. The van der Waals surface area contributed by atoms with Crippen LogP contribution in [0.2, 0.25) is 0 Å². The van der Waals surface area contributed by atoms with Crippen LogP contribution in [-0.4, -0.2) is 22.3 Å². The highest BCUT2D eigenvalue weighted by Crippen LogP contribution is 2.11. The third kappa shape index (κ3) is 3.54. The minimum atomic E-state index is -0.136. The molecule has 0 aliphatic rings. The first-order valence-corrected chi connectivity index (χ1v) is 6.02. The van der Waals surface area contributed by atoms with Crippen LogP contribution < -0.4 is 5.43 Å². The molecule has 0 spiro atoms.